The van der Waals surface area contributed by atoms with Gasteiger partial charge in [-0.15, -0.1) is 0 Å². The Morgan fingerprint density at radius 1 is 1.13 bits per heavy atom. The fourth-order valence-corrected chi connectivity index (χ4v) is 4.28. The van der Waals surface area contributed by atoms with E-state index in [0.717, 1.165) is 36.2 Å². The van der Waals surface area contributed by atoms with Crippen LogP contribution in [0.4, 0.5) is 18.9 Å². The van der Waals surface area contributed by atoms with Crippen LogP contribution in [0.1, 0.15) is 35.1 Å². The molecule has 2 heterocycles. The normalized spacial score (nSPS) is 23.5. The van der Waals surface area contributed by atoms with Crippen LogP contribution in [0.15, 0.2) is 42.5 Å². The van der Waals surface area contributed by atoms with Gasteiger partial charge in [0.1, 0.15) is 5.75 Å². The molecular weight excluding hydrogens is 395 g/mol. The first-order chi connectivity index (χ1) is 14.4. The third-order valence-electron chi connectivity index (χ3n) is 5.85. The Kier molecular flexibility index (Phi) is 4.58. The van der Waals surface area contributed by atoms with Crippen LogP contribution >= 0.6 is 0 Å². The van der Waals surface area contributed by atoms with Crippen LogP contribution in [0.25, 0.3) is 5.57 Å². The summed E-state index contributed by atoms with van der Waals surface area (Å²) >= 11 is 0. The Morgan fingerprint density at radius 3 is 2.80 bits per heavy atom. The van der Waals surface area contributed by atoms with Crippen molar-refractivity contribution in [1.29, 1.82) is 0 Å². The number of hydrogen-bond donors (Lipinski definition) is 1. The lowest BCUT2D eigenvalue weighted by molar-refractivity contribution is -0.137. The molecule has 1 amide bonds. The number of hydrogen-bond acceptors (Lipinski definition) is 3. The molecule has 2 aromatic rings. The molecule has 0 bridgehead atoms. The van der Waals surface area contributed by atoms with Gasteiger partial charge in [0.05, 0.1) is 24.4 Å². The molecule has 156 valence electrons. The third kappa shape index (κ3) is 3.69. The van der Waals surface area contributed by atoms with Gasteiger partial charge in [0.2, 0.25) is 5.91 Å². The van der Waals surface area contributed by atoms with Crippen molar-refractivity contribution < 1.29 is 27.4 Å². The average molecular weight is 415 g/mol. The number of carbonyl (C=O) groups excluding carboxylic acids is 1. The van der Waals surface area contributed by atoms with E-state index in [0.29, 0.717) is 36.7 Å². The summed E-state index contributed by atoms with van der Waals surface area (Å²) in [7, 11) is 0. The lowest BCUT2D eigenvalue weighted by Gasteiger charge is -2.17. The molecule has 2 aliphatic heterocycles. The highest BCUT2D eigenvalue weighted by molar-refractivity contribution is 6.04. The number of rotatable bonds is 2. The fourth-order valence-electron chi connectivity index (χ4n) is 4.28. The second-order valence-corrected chi connectivity index (χ2v) is 7.88. The molecule has 5 rings (SSSR count). The Balaban J connectivity index is 1.41. The molecule has 1 fully saturated rings. The van der Waals surface area contributed by atoms with Crippen LogP contribution in [-0.2, 0) is 28.5 Å². The molecule has 1 aliphatic carbocycles. The first-order valence-corrected chi connectivity index (χ1v) is 10.0. The van der Waals surface area contributed by atoms with Gasteiger partial charge < -0.3 is 14.8 Å². The highest BCUT2D eigenvalue weighted by Crippen LogP contribution is 2.40. The number of carbonyl (C=O) groups is 1. The minimum atomic E-state index is -4.44. The molecule has 1 saturated heterocycles. The molecular formula is C23H20F3NO3. The van der Waals surface area contributed by atoms with Gasteiger partial charge in [-0.2, -0.15) is 13.2 Å². The largest absolute Gasteiger partial charge is 0.493 e. The van der Waals surface area contributed by atoms with Crippen molar-refractivity contribution in [3.05, 3.63) is 64.7 Å². The average Bonchev–Trinajstić information content (AvgIpc) is 3.48. The number of benzene rings is 2. The minimum absolute atomic E-state index is 0.162. The molecule has 2 atom stereocenters. The predicted octanol–water partition coefficient (Wildman–Crippen LogP) is 4.77. The van der Waals surface area contributed by atoms with Crippen LogP contribution in [0.2, 0.25) is 0 Å². The van der Waals surface area contributed by atoms with Gasteiger partial charge in [0, 0.05) is 30.2 Å². The molecule has 2 aromatic carbocycles. The Morgan fingerprint density at radius 2 is 1.97 bits per heavy atom. The van der Waals surface area contributed by atoms with E-state index < -0.39 is 11.7 Å². The molecule has 4 nitrogen and oxygen atoms in total. The van der Waals surface area contributed by atoms with Gasteiger partial charge in [-0.3, -0.25) is 4.79 Å². The van der Waals surface area contributed by atoms with Gasteiger partial charge in [-0.1, -0.05) is 18.2 Å². The molecule has 0 radical (unpaired) electrons. The minimum Gasteiger partial charge on any atom is -0.493 e. The summed E-state index contributed by atoms with van der Waals surface area (Å²) in [5.41, 5.74) is 3.49. The topological polar surface area (TPSA) is 50.9 Å². The number of amides is 1. The molecule has 3 aliphatic rings. The maximum atomic E-state index is 13.0. The zero-order chi connectivity index (χ0) is 20.9. The van der Waals surface area contributed by atoms with Crippen LogP contribution in [0, 0.1) is 0 Å². The molecule has 7 heteroatoms. The lowest BCUT2D eigenvalue weighted by Crippen LogP contribution is -2.17. The number of ether oxygens (including phenoxy) is 2. The number of halogens is 3. The zero-order valence-electron chi connectivity index (χ0n) is 16.1. The Bertz CT molecular complexity index is 1040. The van der Waals surface area contributed by atoms with Gasteiger partial charge in [-0.25, -0.2) is 0 Å². The third-order valence-corrected chi connectivity index (χ3v) is 5.85. The molecule has 0 spiro atoms. The predicted molar refractivity (Wildman–Crippen MR) is 105 cm³/mol. The van der Waals surface area contributed by atoms with Crippen molar-refractivity contribution in [3.63, 3.8) is 0 Å². The Labute approximate surface area is 171 Å². The summed E-state index contributed by atoms with van der Waals surface area (Å²) < 4.78 is 50.2. The summed E-state index contributed by atoms with van der Waals surface area (Å²) in [6.07, 6.45) is 0.382. The Hall–Kier alpha value is -2.80. The van der Waals surface area contributed by atoms with E-state index in [1.165, 1.54) is 17.7 Å². The SMILES string of the molecule is O=C(C=C1CCCOc2cc(C(F)(F)F)ccc21)Nc1cccc2c1CC1OC1C2. The summed E-state index contributed by atoms with van der Waals surface area (Å²) in [5.74, 6) is -0.139. The summed E-state index contributed by atoms with van der Waals surface area (Å²) in [4.78, 5) is 12.8. The van der Waals surface area contributed by atoms with Crippen molar-refractivity contribution >= 4 is 17.2 Å². The second-order valence-electron chi connectivity index (χ2n) is 7.88. The standard InChI is InChI=1S/C23H20F3NO3/c24-23(25,26)15-6-7-16-14(4-2-8-29-19(16)11-15)10-22(28)27-18-5-1-3-13-9-20-21(30-20)12-17(13)18/h1,3,5-7,10-11,20-21H,2,4,8-9,12H2,(H,27,28). The van der Waals surface area contributed by atoms with E-state index in [9.17, 15) is 18.0 Å². The van der Waals surface area contributed by atoms with Crippen molar-refractivity contribution in [2.24, 2.45) is 0 Å². The van der Waals surface area contributed by atoms with Crippen LogP contribution in [0.5, 0.6) is 5.75 Å². The van der Waals surface area contributed by atoms with E-state index >= 15 is 0 Å². The first kappa shape index (κ1) is 19.2. The number of allylic oxidation sites excluding steroid dienone is 1. The number of fused-ring (bicyclic) bond motifs is 3. The molecule has 2 unspecified atom stereocenters. The van der Waals surface area contributed by atoms with Crippen molar-refractivity contribution in [2.75, 3.05) is 11.9 Å². The van der Waals surface area contributed by atoms with E-state index in [1.54, 1.807) is 0 Å². The van der Waals surface area contributed by atoms with Crippen molar-refractivity contribution in [1.82, 2.24) is 0 Å². The van der Waals surface area contributed by atoms with Gasteiger partial charge in [0.25, 0.3) is 0 Å². The van der Waals surface area contributed by atoms with E-state index in [4.69, 9.17) is 9.47 Å². The van der Waals surface area contributed by atoms with E-state index in [1.807, 2.05) is 12.1 Å². The van der Waals surface area contributed by atoms with Gasteiger partial charge >= 0.3 is 6.18 Å². The van der Waals surface area contributed by atoms with Gasteiger partial charge in [0.15, 0.2) is 0 Å². The molecule has 0 saturated carbocycles. The first-order valence-electron chi connectivity index (χ1n) is 10.0. The van der Waals surface area contributed by atoms with Gasteiger partial charge in [-0.05, 0) is 47.7 Å². The maximum Gasteiger partial charge on any atom is 0.416 e. The highest BCUT2D eigenvalue weighted by atomic mass is 19.4. The van der Waals surface area contributed by atoms with Crippen molar-refractivity contribution in [2.45, 2.75) is 44.1 Å². The summed E-state index contributed by atoms with van der Waals surface area (Å²) in [6.45, 7) is 0.308. The number of nitrogens with one attached hydrogen (secondary N) is 1. The lowest BCUT2D eigenvalue weighted by atomic mass is 9.90. The summed E-state index contributed by atoms with van der Waals surface area (Å²) in [6, 6.07) is 9.26. The fraction of sp³-hybridized carbons (Fsp3) is 0.348. The number of alkyl halides is 3. The second kappa shape index (κ2) is 7.16. The summed E-state index contributed by atoms with van der Waals surface area (Å²) in [5, 5.41) is 2.95. The smallest absolute Gasteiger partial charge is 0.416 e. The molecule has 1 N–H and O–H groups in total. The van der Waals surface area contributed by atoms with Crippen molar-refractivity contribution in [3.8, 4) is 5.75 Å². The van der Waals surface area contributed by atoms with Crippen LogP contribution in [0.3, 0.4) is 0 Å². The molecule has 0 aromatic heterocycles. The maximum absolute atomic E-state index is 13.0. The quantitative estimate of drug-likeness (QED) is 0.568. The number of epoxide rings is 1. The van der Waals surface area contributed by atoms with E-state index in [2.05, 4.69) is 11.4 Å². The van der Waals surface area contributed by atoms with Crippen LogP contribution in [-0.4, -0.2) is 24.7 Å². The van der Waals surface area contributed by atoms with E-state index in [-0.39, 0.29) is 17.8 Å². The molecule has 30 heavy (non-hydrogen) atoms. The highest BCUT2D eigenvalue weighted by Gasteiger charge is 2.43. The zero-order valence-corrected chi connectivity index (χ0v) is 16.1. The van der Waals surface area contributed by atoms with Crippen LogP contribution < -0.4 is 10.1 Å². The number of anilines is 1. The monoisotopic (exact) mass is 415 g/mol.